The van der Waals surface area contributed by atoms with E-state index in [1.807, 2.05) is 0 Å². The lowest BCUT2D eigenvalue weighted by Gasteiger charge is -2.57. The molecular weight excluding hydrogens is 416 g/mol. The van der Waals surface area contributed by atoms with Gasteiger partial charge in [0.2, 0.25) is 0 Å². The molecule has 1 aliphatic heterocycles. The monoisotopic (exact) mass is 446 g/mol. The highest BCUT2D eigenvalue weighted by Gasteiger charge is 2.61. The molecule has 1 saturated carbocycles. The van der Waals surface area contributed by atoms with Gasteiger partial charge in [0, 0.05) is 11.8 Å². The molecule has 2 nitrogen and oxygen atoms in total. The summed E-state index contributed by atoms with van der Waals surface area (Å²) in [6.07, 6.45) is 4.59. The Bertz CT molecular complexity index is 1030. The highest BCUT2D eigenvalue weighted by molar-refractivity contribution is 5.43. The largest absolute Gasteiger partial charge is 0.219 e. The summed E-state index contributed by atoms with van der Waals surface area (Å²) in [6.45, 7) is 0. The maximum absolute atomic E-state index is 6.83. The van der Waals surface area contributed by atoms with Crippen molar-refractivity contribution in [1.29, 1.82) is 0 Å². The summed E-state index contributed by atoms with van der Waals surface area (Å²) < 4.78 is 0. The van der Waals surface area contributed by atoms with Crippen molar-refractivity contribution >= 4 is 0 Å². The highest BCUT2D eigenvalue weighted by atomic mass is 17.2. The molecule has 170 valence electrons. The first-order valence-corrected chi connectivity index (χ1v) is 12.4. The van der Waals surface area contributed by atoms with Gasteiger partial charge >= 0.3 is 0 Å². The Morgan fingerprint density at radius 3 is 0.941 bits per heavy atom. The van der Waals surface area contributed by atoms with Gasteiger partial charge in [-0.15, -0.1) is 0 Å². The molecule has 6 rings (SSSR count). The molecule has 0 spiro atoms. The molecule has 34 heavy (non-hydrogen) atoms. The Labute approximate surface area is 202 Å². The van der Waals surface area contributed by atoms with Crippen molar-refractivity contribution in [2.24, 2.45) is 11.8 Å². The van der Waals surface area contributed by atoms with E-state index in [1.54, 1.807) is 0 Å². The fourth-order valence-electron chi connectivity index (χ4n) is 6.48. The summed E-state index contributed by atoms with van der Waals surface area (Å²) >= 11 is 0. The van der Waals surface area contributed by atoms with E-state index in [1.165, 1.54) is 12.8 Å². The standard InChI is InChI=1S/C32H30O2/c1-5-15-25(16-6-1)31(26-17-7-2-8-18-26)29-23-13-14-24-30(29)32(34-33-31,27-19-9-3-10-20-27)28-21-11-4-12-22-28/h1-12,15-22,29-30H,13-14,23-24H2. The number of hydrogen-bond acceptors (Lipinski definition) is 2. The highest BCUT2D eigenvalue weighted by Crippen LogP contribution is 2.61. The van der Waals surface area contributed by atoms with Gasteiger partial charge < -0.3 is 0 Å². The molecule has 4 aromatic carbocycles. The van der Waals surface area contributed by atoms with E-state index in [0.29, 0.717) is 0 Å². The van der Waals surface area contributed by atoms with Crippen molar-refractivity contribution in [2.75, 3.05) is 0 Å². The molecule has 1 saturated heterocycles. The maximum Gasteiger partial charge on any atom is 0.157 e. The normalized spacial score (nSPS) is 23.1. The van der Waals surface area contributed by atoms with Crippen LogP contribution in [0.15, 0.2) is 121 Å². The molecule has 1 aliphatic carbocycles. The van der Waals surface area contributed by atoms with E-state index in [9.17, 15) is 0 Å². The smallest absolute Gasteiger partial charge is 0.157 e. The van der Waals surface area contributed by atoms with Crippen LogP contribution >= 0.6 is 0 Å². The molecule has 0 aromatic heterocycles. The molecule has 2 heteroatoms. The number of rotatable bonds is 4. The molecule has 0 amide bonds. The van der Waals surface area contributed by atoms with Gasteiger partial charge in [0.05, 0.1) is 0 Å². The average Bonchev–Trinajstić information content (AvgIpc) is 2.94. The summed E-state index contributed by atoms with van der Waals surface area (Å²) in [5.41, 5.74) is 3.34. The molecule has 0 bridgehead atoms. The second-order valence-corrected chi connectivity index (χ2v) is 9.60. The second kappa shape index (κ2) is 8.87. The number of benzene rings is 4. The van der Waals surface area contributed by atoms with Gasteiger partial charge in [0.15, 0.2) is 11.2 Å². The van der Waals surface area contributed by atoms with Crippen LogP contribution < -0.4 is 0 Å². The molecular formula is C32H30O2. The Kier molecular flexibility index (Phi) is 5.57. The summed E-state index contributed by atoms with van der Waals surface area (Å²) in [7, 11) is 0. The summed E-state index contributed by atoms with van der Waals surface area (Å²) in [5, 5.41) is 0. The molecule has 2 aliphatic rings. The van der Waals surface area contributed by atoms with Gasteiger partial charge in [-0.25, -0.2) is 9.78 Å². The first-order chi connectivity index (χ1) is 16.9. The van der Waals surface area contributed by atoms with Crippen LogP contribution in [0.25, 0.3) is 0 Å². The minimum absolute atomic E-state index is 0.264. The second-order valence-electron chi connectivity index (χ2n) is 9.60. The van der Waals surface area contributed by atoms with E-state index in [2.05, 4.69) is 121 Å². The lowest BCUT2D eigenvalue weighted by atomic mass is 9.57. The molecule has 2 atom stereocenters. The fourth-order valence-corrected chi connectivity index (χ4v) is 6.48. The average molecular weight is 447 g/mol. The Morgan fingerprint density at radius 1 is 0.412 bits per heavy atom. The van der Waals surface area contributed by atoms with E-state index in [0.717, 1.165) is 35.1 Å². The van der Waals surface area contributed by atoms with Crippen molar-refractivity contribution < 1.29 is 9.78 Å². The van der Waals surface area contributed by atoms with Crippen LogP contribution in [0.5, 0.6) is 0 Å². The van der Waals surface area contributed by atoms with Crippen LogP contribution in [0.3, 0.4) is 0 Å². The van der Waals surface area contributed by atoms with Crippen LogP contribution in [0.2, 0.25) is 0 Å². The summed E-state index contributed by atoms with van der Waals surface area (Å²) in [4.78, 5) is 13.7. The molecule has 2 fully saturated rings. The van der Waals surface area contributed by atoms with Gasteiger partial charge in [-0.2, -0.15) is 0 Å². The van der Waals surface area contributed by atoms with Crippen molar-refractivity contribution in [1.82, 2.24) is 0 Å². The SMILES string of the molecule is c1ccc(C2(c3ccccc3)OOC(c3ccccc3)(c3ccccc3)C3CCCCC32)cc1. The zero-order valence-corrected chi connectivity index (χ0v) is 19.3. The first kappa shape index (κ1) is 21.3. The summed E-state index contributed by atoms with van der Waals surface area (Å²) in [6, 6.07) is 42.7. The van der Waals surface area contributed by atoms with E-state index in [-0.39, 0.29) is 11.8 Å². The van der Waals surface area contributed by atoms with Gasteiger partial charge in [0.1, 0.15) is 0 Å². The maximum atomic E-state index is 6.83. The van der Waals surface area contributed by atoms with Crippen LogP contribution in [0, 0.1) is 11.8 Å². The molecule has 0 N–H and O–H groups in total. The van der Waals surface area contributed by atoms with Gasteiger partial charge in [0.25, 0.3) is 0 Å². The Hall–Kier alpha value is -3.20. The fraction of sp³-hybridized carbons (Fsp3) is 0.250. The molecule has 0 radical (unpaired) electrons. The molecule has 1 heterocycles. The summed E-state index contributed by atoms with van der Waals surface area (Å²) in [5.74, 6) is 0.528. The van der Waals surface area contributed by atoms with Crippen LogP contribution in [-0.2, 0) is 21.0 Å². The van der Waals surface area contributed by atoms with Crippen molar-refractivity contribution in [2.45, 2.75) is 36.9 Å². The zero-order chi connectivity index (χ0) is 22.8. The predicted molar refractivity (Wildman–Crippen MR) is 135 cm³/mol. The minimum Gasteiger partial charge on any atom is -0.219 e. The van der Waals surface area contributed by atoms with E-state index in [4.69, 9.17) is 9.78 Å². The van der Waals surface area contributed by atoms with Gasteiger partial charge in [-0.1, -0.05) is 134 Å². The molecule has 2 unspecified atom stereocenters. The van der Waals surface area contributed by atoms with E-state index < -0.39 is 11.2 Å². The van der Waals surface area contributed by atoms with Crippen LogP contribution in [0.4, 0.5) is 0 Å². The third-order valence-corrected chi connectivity index (χ3v) is 7.93. The van der Waals surface area contributed by atoms with Crippen molar-refractivity contribution in [3.8, 4) is 0 Å². The Balaban J connectivity index is 1.60. The minimum atomic E-state index is -0.652. The Morgan fingerprint density at radius 2 is 0.676 bits per heavy atom. The third-order valence-electron chi connectivity index (χ3n) is 7.93. The lowest BCUT2D eigenvalue weighted by molar-refractivity contribution is -0.464. The van der Waals surface area contributed by atoms with Gasteiger partial charge in [-0.05, 0) is 35.1 Å². The van der Waals surface area contributed by atoms with Crippen molar-refractivity contribution in [3.05, 3.63) is 144 Å². The predicted octanol–water partition coefficient (Wildman–Crippen LogP) is 7.64. The third kappa shape index (κ3) is 3.25. The van der Waals surface area contributed by atoms with Crippen LogP contribution in [-0.4, -0.2) is 0 Å². The van der Waals surface area contributed by atoms with Crippen LogP contribution in [0.1, 0.15) is 47.9 Å². The number of fused-ring (bicyclic) bond motifs is 1. The lowest BCUT2D eigenvalue weighted by Crippen LogP contribution is -2.58. The quantitative estimate of drug-likeness (QED) is 0.300. The van der Waals surface area contributed by atoms with Gasteiger partial charge in [-0.3, -0.25) is 0 Å². The first-order valence-electron chi connectivity index (χ1n) is 12.4. The topological polar surface area (TPSA) is 18.5 Å². The number of hydrogen-bond donors (Lipinski definition) is 0. The van der Waals surface area contributed by atoms with Crippen molar-refractivity contribution in [3.63, 3.8) is 0 Å². The zero-order valence-electron chi connectivity index (χ0n) is 19.3. The van der Waals surface area contributed by atoms with E-state index >= 15 is 0 Å². The molecule has 4 aromatic rings.